The summed E-state index contributed by atoms with van der Waals surface area (Å²) >= 11 is 5.70. The lowest BCUT2D eigenvalue weighted by molar-refractivity contribution is -0.385. The number of nitrogens with zero attached hydrogens (tertiary/aromatic N) is 4. The van der Waals surface area contributed by atoms with Crippen molar-refractivity contribution in [2.45, 2.75) is 13.5 Å². The van der Waals surface area contributed by atoms with E-state index in [1.54, 1.807) is 13.0 Å². The van der Waals surface area contributed by atoms with Crippen molar-refractivity contribution in [2.75, 3.05) is 7.05 Å². The van der Waals surface area contributed by atoms with E-state index in [0.29, 0.717) is 11.5 Å². The lowest BCUT2D eigenvalue weighted by Crippen LogP contribution is -2.27. The molecule has 0 aliphatic heterocycles. The summed E-state index contributed by atoms with van der Waals surface area (Å²) in [5, 5.41) is 14.7. The predicted octanol–water partition coefficient (Wildman–Crippen LogP) is 2.21. The smallest absolute Gasteiger partial charge is 0.300 e. The molecule has 110 valence electrons. The monoisotopic (exact) mass is 310 g/mol. The summed E-state index contributed by atoms with van der Waals surface area (Å²) in [5.41, 5.74) is 0.0291. The van der Waals surface area contributed by atoms with Gasteiger partial charge >= 0.3 is 0 Å². The van der Waals surface area contributed by atoms with E-state index in [1.165, 1.54) is 18.0 Å². The number of hydrogen-bond acceptors (Lipinski definition) is 6. The van der Waals surface area contributed by atoms with Crippen LogP contribution in [0.25, 0.3) is 0 Å². The van der Waals surface area contributed by atoms with Gasteiger partial charge in [-0.2, -0.15) is 0 Å². The number of aromatic nitrogens is 2. The molecule has 1 amide bonds. The van der Waals surface area contributed by atoms with E-state index in [9.17, 15) is 14.9 Å². The molecule has 0 aromatic carbocycles. The Kier molecular flexibility index (Phi) is 4.18. The SMILES string of the molecule is Cc1cc(CN(C)C(=O)c2cc(Cl)ncc2[N+](=O)[O-])no1. The van der Waals surface area contributed by atoms with Crippen LogP contribution >= 0.6 is 11.6 Å². The van der Waals surface area contributed by atoms with Crippen molar-refractivity contribution in [1.29, 1.82) is 0 Å². The number of pyridine rings is 1. The molecule has 2 aromatic heterocycles. The largest absolute Gasteiger partial charge is 0.361 e. The standard InChI is InChI=1S/C12H11ClN4O4/c1-7-3-8(15-21-7)6-16(2)12(18)9-4-11(13)14-5-10(9)17(19)20/h3-5H,6H2,1-2H3. The first kappa shape index (κ1) is 14.9. The lowest BCUT2D eigenvalue weighted by atomic mass is 10.2. The van der Waals surface area contributed by atoms with Crippen LogP contribution in [0, 0.1) is 17.0 Å². The second-order valence-electron chi connectivity index (χ2n) is 4.37. The summed E-state index contributed by atoms with van der Waals surface area (Å²) in [4.78, 5) is 27.5. The number of amides is 1. The van der Waals surface area contributed by atoms with Crippen LogP contribution in [0.1, 0.15) is 21.8 Å². The Balaban J connectivity index is 2.26. The molecule has 21 heavy (non-hydrogen) atoms. The Hall–Kier alpha value is -2.48. The molecule has 0 radical (unpaired) electrons. The van der Waals surface area contributed by atoms with Gasteiger partial charge in [-0.15, -0.1) is 0 Å². The highest BCUT2D eigenvalue weighted by molar-refractivity contribution is 6.29. The first-order valence-corrected chi connectivity index (χ1v) is 6.24. The van der Waals surface area contributed by atoms with Crippen molar-refractivity contribution in [1.82, 2.24) is 15.0 Å². The molecule has 0 saturated carbocycles. The van der Waals surface area contributed by atoms with E-state index in [0.717, 1.165) is 6.20 Å². The molecule has 2 aromatic rings. The molecule has 0 spiro atoms. The molecule has 0 atom stereocenters. The molecular weight excluding hydrogens is 300 g/mol. The molecule has 2 heterocycles. The molecule has 8 nitrogen and oxygen atoms in total. The van der Waals surface area contributed by atoms with E-state index in [1.807, 2.05) is 0 Å². The summed E-state index contributed by atoms with van der Waals surface area (Å²) in [6, 6.07) is 2.85. The fourth-order valence-corrected chi connectivity index (χ4v) is 1.91. The Labute approximate surface area is 124 Å². The molecular formula is C12H11ClN4O4. The first-order chi connectivity index (χ1) is 9.88. The second-order valence-corrected chi connectivity index (χ2v) is 4.76. The fourth-order valence-electron chi connectivity index (χ4n) is 1.75. The van der Waals surface area contributed by atoms with Gasteiger partial charge in [0.05, 0.1) is 11.5 Å². The van der Waals surface area contributed by atoms with Crippen molar-refractivity contribution in [2.24, 2.45) is 0 Å². The fraction of sp³-hybridized carbons (Fsp3) is 0.250. The van der Waals surface area contributed by atoms with Crippen molar-refractivity contribution in [3.63, 3.8) is 0 Å². The number of nitro groups is 1. The van der Waals surface area contributed by atoms with Gasteiger partial charge in [-0.1, -0.05) is 16.8 Å². The van der Waals surface area contributed by atoms with Crippen LogP contribution in [0.15, 0.2) is 22.9 Å². The zero-order chi connectivity index (χ0) is 15.6. The molecule has 0 unspecified atom stereocenters. The quantitative estimate of drug-likeness (QED) is 0.487. The Morgan fingerprint density at radius 2 is 2.24 bits per heavy atom. The molecule has 9 heteroatoms. The maximum absolute atomic E-state index is 12.3. The van der Waals surface area contributed by atoms with Crippen LogP contribution in [0.3, 0.4) is 0 Å². The summed E-state index contributed by atoms with van der Waals surface area (Å²) < 4.78 is 4.90. The van der Waals surface area contributed by atoms with E-state index in [4.69, 9.17) is 16.1 Å². The van der Waals surface area contributed by atoms with E-state index < -0.39 is 16.5 Å². The molecule has 0 N–H and O–H groups in total. The maximum atomic E-state index is 12.3. The lowest BCUT2D eigenvalue weighted by Gasteiger charge is -2.15. The minimum Gasteiger partial charge on any atom is -0.361 e. The Bertz CT molecular complexity index is 700. The van der Waals surface area contributed by atoms with Crippen molar-refractivity contribution < 1.29 is 14.2 Å². The number of halogens is 1. The molecule has 2 rings (SSSR count). The number of aryl methyl sites for hydroxylation is 1. The minimum atomic E-state index is -0.676. The van der Waals surface area contributed by atoms with E-state index in [-0.39, 0.29) is 17.3 Å². The van der Waals surface area contributed by atoms with Gasteiger partial charge in [0.1, 0.15) is 28.4 Å². The first-order valence-electron chi connectivity index (χ1n) is 5.86. The molecule has 0 aliphatic carbocycles. The highest BCUT2D eigenvalue weighted by Crippen LogP contribution is 2.22. The van der Waals surface area contributed by atoms with Crippen molar-refractivity contribution >= 4 is 23.2 Å². The number of carbonyl (C=O) groups excluding carboxylic acids is 1. The van der Waals surface area contributed by atoms with Crippen molar-refractivity contribution in [3.8, 4) is 0 Å². The highest BCUT2D eigenvalue weighted by atomic mass is 35.5. The summed E-state index contributed by atoms with van der Waals surface area (Å²) in [5.74, 6) is 0.0652. The van der Waals surface area contributed by atoms with Gasteiger partial charge in [0.2, 0.25) is 0 Å². The summed E-state index contributed by atoms with van der Waals surface area (Å²) in [6.07, 6.45) is 0.962. The third kappa shape index (κ3) is 3.34. The van der Waals surface area contributed by atoms with Gasteiger partial charge in [-0.3, -0.25) is 14.9 Å². The van der Waals surface area contributed by atoms with Gasteiger partial charge in [-0.05, 0) is 13.0 Å². The third-order valence-electron chi connectivity index (χ3n) is 2.70. The van der Waals surface area contributed by atoms with Crippen LogP contribution in [-0.2, 0) is 6.54 Å². The maximum Gasteiger partial charge on any atom is 0.300 e. The minimum absolute atomic E-state index is 0.00892. The average Bonchev–Trinajstić information content (AvgIpc) is 2.82. The molecule has 0 saturated heterocycles. The van der Waals surface area contributed by atoms with Gasteiger partial charge in [0.15, 0.2) is 0 Å². The Morgan fingerprint density at radius 1 is 1.52 bits per heavy atom. The number of hydrogen-bond donors (Lipinski definition) is 0. The van der Waals surface area contributed by atoms with Crippen LogP contribution < -0.4 is 0 Å². The third-order valence-corrected chi connectivity index (χ3v) is 2.91. The van der Waals surface area contributed by atoms with E-state index >= 15 is 0 Å². The second kappa shape index (κ2) is 5.88. The highest BCUT2D eigenvalue weighted by Gasteiger charge is 2.24. The molecule has 0 aliphatic rings. The van der Waals surface area contributed by atoms with Crippen LogP contribution in [0.4, 0.5) is 5.69 Å². The summed E-state index contributed by atoms with van der Waals surface area (Å²) in [6.45, 7) is 1.89. The van der Waals surface area contributed by atoms with Gasteiger partial charge in [0, 0.05) is 13.1 Å². The number of rotatable bonds is 4. The van der Waals surface area contributed by atoms with Gasteiger partial charge < -0.3 is 9.42 Å². The Morgan fingerprint density at radius 3 is 2.81 bits per heavy atom. The van der Waals surface area contributed by atoms with Crippen molar-refractivity contribution in [3.05, 3.63) is 50.6 Å². The van der Waals surface area contributed by atoms with Crippen LogP contribution in [0.5, 0.6) is 0 Å². The number of carbonyl (C=O) groups is 1. The summed E-state index contributed by atoms with van der Waals surface area (Å²) in [7, 11) is 1.50. The zero-order valence-corrected chi connectivity index (χ0v) is 12.0. The topological polar surface area (TPSA) is 102 Å². The normalized spacial score (nSPS) is 10.4. The van der Waals surface area contributed by atoms with E-state index in [2.05, 4.69) is 10.1 Å². The molecule has 0 bridgehead atoms. The molecule has 0 fully saturated rings. The average molecular weight is 311 g/mol. The zero-order valence-electron chi connectivity index (χ0n) is 11.2. The van der Waals surface area contributed by atoms with Gasteiger partial charge in [0.25, 0.3) is 11.6 Å². The van der Waals surface area contributed by atoms with Gasteiger partial charge in [-0.25, -0.2) is 4.98 Å². The van der Waals surface area contributed by atoms with Crippen LogP contribution in [-0.4, -0.2) is 32.9 Å². The predicted molar refractivity (Wildman–Crippen MR) is 72.9 cm³/mol. The van der Waals surface area contributed by atoms with Crippen LogP contribution in [0.2, 0.25) is 5.15 Å².